The number of halogens is 3. The van der Waals surface area contributed by atoms with Crippen molar-refractivity contribution in [1.29, 1.82) is 0 Å². The molecule has 0 amide bonds. The molecule has 0 saturated carbocycles. The van der Waals surface area contributed by atoms with Gasteiger partial charge in [-0.25, -0.2) is 9.97 Å². The second-order valence-electron chi connectivity index (χ2n) is 3.14. The fraction of sp³-hybridized carbons (Fsp3) is 0.556. The molecule has 0 aliphatic carbocycles. The molecule has 90 valence electrons. The van der Waals surface area contributed by atoms with E-state index in [1.54, 1.807) is 14.0 Å². The first kappa shape index (κ1) is 12.5. The van der Waals surface area contributed by atoms with Crippen LogP contribution in [0.3, 0.4) is 0 Å². The van der Waals surface area contributed by atoms with Crippen LogP contribution in [0.2, 0.25) is 0 Å². The predicted molar refractivity (Wildman–Crippen MR) is 55.5 cm³/mol. The lowest BCUT2D eigenvalue weighted by molar-refractivity contribution is -0.119. The average Bonchev–Trinajstić information content (AvgIpc) is 2.25. The Bertz CT molecular complexity index is 340. The molecule has 1 N–H and O–H groups in total. The van der Waals surface area contributed by atoms with E-state index in [9.17, 15) is 13.2 Å². The molecule has 0 saturated heterocycles. The van der Waals surface area contributed by atoms with Crippen LogP contribution in [0.1, 0.15) is 6.92 Å². The van der Waals surface area contributed by atoms with Crippen molar-refractivity contribution >= 4 is 11.6 Å². The lowest BCUT2D eigenvalue weighted by Gasteiger charge is -2.23. The van der Waals surface area contributed by atoms with Crippen molar-refractivity contribution in [2.75, 3.05) is 30.4 Å². The molecule has 0 radical (unpaired) electrons. The number of alkyl halides is 3. The zero-order chi connectivity index (χ0) is 12.2. The van der Waals surface area contributed by atoms with Crippen molar-refractivity contribution in [2.45, 2.75) is 13.1 Å². The number of rotatable bonds is 4. The number of nitrogens with one attached hydrogen (secondary N) is 1. The largest absolute Gasteiger partial charge is 0.405 e. The van der Waals surface area contributed by atoms with Gasteiger partial charge in [-0.05, 0) is 6.92 Å². The van der Waals surface area contributed by atoms with E-state index in [1.807, 2.05) is 0 Å². The standard InChI is InChI=1S/C9H13F3N4/c1-3-16(5-9(10,11)12)8-4-7(13-2)14-6-15-8/h4,6H,3,5H2,1-2H3,(H,13,14,15). The van der Waals surface area contributed by atoms with Crippen molar-refractivity contribution in [3.05, 3.63) is 12.4 Å². The zero-order valence-corrected chi connectivity index (χ0v) is 9.04. The topological polar surface area (TPSA) is 41.0 Å². The van der Waals surface area contributed by atoms with E-state index < -0.39 is 12.7 Å². The summed E-state index contributed by atoms with van der Waals surface area (Å²) in [5.41, 5.74) is 0. The van der Waals surface area contributed by atoms with E-state index in [-0.39, 0.29) is 12.4 Å². The Morgan fingerprint density at radius 1 is 1.38 bits per heavy atom. The van der Waals surface area contributed by atoms with Crippen LogP contribution in [0.4, 0.5) is 24.8 Å². The quantitative estimate of drug-likeness (QED) is 0.864. The van der Waals surface area contributed by atoms with Gasteiger partial charge in [-0.2, -0.15) is 13.2 Å². The van der Waals surface area contributed by atoms with Crippen LogP contribution >= 0.6 is 0 Å². The van der Waals surface area contributed by atoms with Gasteiger partial charge in [0.05, 0.1) is 0 Å². The van der Waals surface area contributed by atoms with Crippen LogP contribution in [0.15, 0.2) is 12.4 Å². The highest BCUT2D eigenvalue weighted by Crippen LogP contribution is 2.21. The van der Waals surface area contributed by atoms with E-state index in [4.69, 9.17) is 0 Å². The molecular formula is C9H13F3N4. The van der Waals surface area contributed by atoms with Gasteiger partial charge in [0.2, 0.25) is 0 Å². The summed E-state index contributed by atoms with van der Waals surface area (Å²) in [6, 6.07) is 1.48. The lowest BCUT2D eigenvalue weighted by Crippen LogP contribution is -2.34. The summed E-state index contributed by atoms with van der Waals surface area (Å²) in [7, 11) is 1.64. The van der Waals surface area contributed by atoms with Crippen LogP contribution in [-0.2, 0) is 0 Å². The SMILES string of the molecule is CCN(CC(F)(F)F)c1cc(NC)ncn1. The molecule has 0 aliphatic heterocycles. The summed E-state index contributed by atoms with van der Waals surface area (Å²) in [6.45, 7) is 0.871. The maximum absolute atomic E-state index is 12.3. The van der Waals surface area contributed by atoms with Gasteiger partial charge >= 0.3 is 6.18 Å². The fourth-order valence-electron chi connectivity index (χ4n) is 1.23. The minimum absolute atomic E-state index is 0.236. The van der Waals surface area contributed by atoms with E-state index in [0.717, 1.165) is 4.90 Å². The normalized spacial score (nSPS) is 11.3. The molecule has 4 nitrogen and oxygen atoms in total. The number of nitrogens with zero attached hydrogens (tertiary/aromatic N) is 3. The van der Waals surface area contributed by atoms with Crippen LogP contribution in [0.25, 0.3) is 0 Å². The predicted octanol–water partition coefficient (Wildman–Crippen LogP) is 1.91. The Morgan fingerprint density at radius 2 is 2.06 bits per heavy atom. The first-order chi connectivity index (χ1) is 7.46. The van der Waals surface area contributed by atoms with Gasteiger partial charge in [-0.3, -0.25) is 0 Å². The van der Waals surface area contributed by atoms with Crippen molar-refractivity contribution in [2.24, 2.45) is 0 Å². The molecule has 0 spiro atoms. The smallest absolute Gasteiger partial charge is 0.373 e. The maximum atomic E-state index is 12.3. The average molecular weight is 234 g/mol. The van der Waals surface area contributed by atoms with Crippen molar-refractivity contribution in [3.8, 4) is 0 Å². The van der Waals surface area contributed by atoms with E-state index in [1.165, 1.54) is 12.4 Å². The van der Waals surface area contributed by atoms with E-state index in [2.05, 4.69) is 15.3 Å². The summed E-state index contributed by atoms with van der Waals surface area (Å²) in [4.78, 5) is 8.80. The Morgan fingerprint density at radius 3 is 2.56 bits per heavy atom. The van der Waals surface area contributed by atoms with Gasteiger partial charge in [-0.1, -0.05) is 0 Å². The Balaban J connectivity index is 2.86. The van der Waals surface area contributed by atoms with Crippen molar-refractivity contribution < 1.29 is 13.2 Å². The first-order valence-electron chi connectivity index (χ1n) is 4.77. The van der Waals surface area contributed by atoms with Crippen LogP contribution < -0.4 is 10.2 Å². The van der Waals surface area contributed by atoms with Crippen molar-refractivity contribution in [1.82, 2.24) is 9.97 Å². The molecule has 0 fully saturated rings. The number of aromatic nitrogens is 2. The molecular weight excluding hydrogens is 221 g/mol. The van der Waals surface area contributed by atoms with Gasteiger partial charge in [0.1, 0.15) is 24.5 Å². The number of anilines is 2. The summed E-state index contributed by atoms with van der Waals surface area (Å²) in [6.07, 6.45) is -3.00. The molecule has 0 unspecified atom stereocenters. The van der Waals surface area contributed by atoms with Gasteiger partial charge in [-0.15, -0.1) is 0 Å². The maximum Gasteiger partial charge on any atom is 0.405 e. The Labute approximate surface area is 91.5 Å². The zero-order valence-electron chi connectivity index (χ0n) is 9.04. The molecule has 1 heterocycles. The van der Waals surface area contributed by atoms with Gasteiger partial charge in [0.25, 0.3) is 0 Å². The second-order valence-corrected chi connectivity index (χ2v) is 3.14. The summed E-state index contributed by atoms with van der Waals surface area (Å²) < 4.78 is 36.8. The molecule has 0 aromatic carbocycles. The van der Waals surface area contributed by atoms with Gasteiger partial charge in [0, 0.05) is 19.7 Å². The highest BCUT2D eigenvalue weighted by atomic mass is 19.4. The minimum atomic E-state index is -4.24. The molecule has 7 heteroatoms. The third kappa shape index (κ3) is 3.56. The Hall–Kier alpha value is -1.53. The molecule has 16 heavy (non-hydrogen) atoms. The second kappa shape index (κ2) is 5.00. The number of hydrogen-bond acceptors (Lipinski definition) is 4. The Kier molecular flexibility index (Phi) is 3.92. The lowest BCUT2D eigenvalue weighted by atomic mass is 10.4. The van der Waals surface area contributed by atoms with Crippen LogP contribution in [-0.4, -0.2) is 36.3 Å². The van der Waals surface area contributed by atoms with Gasteiger partial charge < -0.3 is 10.2 Å². The highest BCUT2D eigenvalue weighted by Gasteiger charge is 2.30. The summed E-state index contributed by atoms with van der Waals surface area (Å²) in [5.74, 6) is 0.754. The monoisotopic (exact) mass is 234 g/mol. The third-order valence-corrected chi connectivity index (χ3v) is 1.98. The van der Waals surface area contributed by atoms with Crippen LogP contribution in [0.5, 0.6) is 0 Å². The molecule has 0 bridgehead atoms. The fourth-order valence-corrected chi connectivity index (χ4v) is 1.23. The molecule has 1 aromatic rings. The van der Waals surface area contributed by atoms with E-state index in [0.29, 0.717) is 5.82 Å². The molecule has 1 aromatic heterocycles. The summed E-state index contributed by atoms with van der Waals surface area (Å²) in [5, 5.41) is 2.75. The molecule has 0 aliphatic rings. The minimum Gasteiger partial charge on any atom is -0.373 e. The van der Waals surface area contributed by atoms with Crippen molar-refractivity contribution in [3.63, 3.8) is 0 Å². The van der Waals surface area contributed by atoms with E-state index >= 15 is 0 Å². The first-order valence-corrected chi connectivity index (χ1v) is 4.77. The van der Waals surface area contributed by atoms with Gasteiger partial charge in [0.15, 0.2) is 0 Å². The highest BCUT2D eigenvalue weighted by molar-refractivity contribution is 5.48. The summed E-state index contributed by atoms with van der Waals surface area (Å²) >= 11 is 0. The molecule has 1 rings (SSSR count). The molecule has 0 atom stereocenters. The van der Waals surface area contributed by atoms with Crippen LogP contribution in [0, 0.1) is 0 Å². The third-order valence-electron chi connectivity index (χ3n) is 1.98. The number of hydrogen-bond donors (Lipinski definition) is 1.